The maximum Gasteiger partial charge on any atom is 0.173 e. The number of hydrogen-bond donors (Lipinski definition) is 4. The largest absolute Gasteiger partial charge is 0.504 e. The number of halogens is 3. The van der Waals surface area contributed by atoms with Crippen molar-refractivity contribution < 1.29 is 24.8 Å². The first kappa shape index (κ1) is 15.5. The molecule has 0 saturated carbocycles. The first-order chi connectivity index (χ1) is 10.3. The number of furan rings is 1. The highest BCUT2D eigenvalue weighted by molar-refractivity contribution is 9.13. The molecule has 3 rings (SSSR count). The lowest BCUT2D eigenvalue weighted by atomic mass is 10.1. The molecule has 5 nitrogen and oxygen atoms in total. The Morgan fingerprint density at radius 1 is 0.773 bits per heavy atom. The van der Waals surface area contributed by atoms with E-state index >= 15 is 0 Å². The molecule has 0 atom stereocenters. The summed E-state index contributed by atoms with van der Waals surface area (Å²) in [6, 6.07) is 2.70. The van der Waals surface area contributed by atoms with Crippen LogP contribution in [0.4, 0.5) is 0 Å². The van der Waals surface area contributed by atoms with Gasteiger partial charge in [-0.2, -0.15) is 0 Å². The summed E-state index contributed by atoms with van der Waals surface area (Å²) in [7, 11) is 0. The highest BCUT2D eigenvalue weighted by atomic mass is 79.9. The van der Waals surface area contributed by atoms with Crippen molar-refractivity contribution in [2.24, 2.45) is 0 Å². The molecule has 4 N–H and O–H groups in total. The van der Waals surface area contributed by atoms with Crippen LogP contribution in [0.25, 0.3) is 22.1 Å². The van der Waals surface area contributed by atoms with E-state index in [1.54, 1.807) is 0 Å². The van der Waals surface area contributed by atoms with Crippen LogP contribution >= 0.6 is 47.8 Å². The lowest BCUT2D eigenvalue weighted by Gasteiger charge is -2.09. The van der Waals surface area contributed by atoms with Gasteiger partial charge < -0.3 is 24.8 Å². The maximum absolute atomic E-state index is 9.87. The summed E-state index contributed by atoms with van der Waals surface area (Å²) in [5.74, 6) is -0.867. The molecule has 1 heterocycles. The van der Waals surface area contributed by atoms with Gasteiger partial charge in [-0.25, -0.2) is 0 Å². The van der Waals surface area contributed by atoms with Crippen molar-refractivity contribution >= 4 is 58.6 Å². The Kier molecular flexibility index (Phi) is 3.78. The molecule has 0 aliphatic carbocycles. The first-order valence-electron chi connectivity index (χ1n) is 5.84. The minimum absolute atomic E-state index is 0.266. The number of aromatic hydroxyl groups is 4. The normalized spacial score (nSPS) is 11.2. The molecular formula is C14H7Br3O5. The van der Waals surface area contributed by atoms with Gasteiger partial charge in [0.15, 0.2) is 23.0 Å². The third-order valence-electron chi connectivity index (χ3n) is 3.19. The van der Waals surface area contributed by atoms with E-state index in [2.05, 4.69) is 47.8 Å². The van der Waals surface area contributed by atoms with Crippen molar-refractivity contribution in [1.82, 2.24) is 0 Å². The summed E-state index contributed by atoms with van der Waals surface area (Å²) in [5, 5.41) is 40.1. The van der Waals surface area contributed by atoms with Crippen LogP contribution in [-0.4, -0.2) is 20.4 Å². The highest BCUT2D eigenvalue weighted by Crippen LogP contribution is 2.49. The summed E-state index contributed by atoms with van der Waals surface area (Å²) in [6.45, 7) is 0. The van der Waals surface area contributed by atoms with Gasteiger partial charge in [-0.1, -0.05) is 0 Å². The molecule has 3 aromatic rings. The first-order valence-corrected chi connectivity index (χ1v) is 8.22. The Balaban J connectivity index is 2.40. The molecule has 0 unspecified atom stereocenters. The topological polar surface area (TPSA) is 94.1 Å². The van der Waals surface area contributed by atoms with Crippen LogP contribution < -0.4 is 0 Å². The Labute approximate surface area is 149 Å². The van der Waals surface area contributed by atoms with E-state index in [0.29, 0.717) is 26.6 Å². The molecule has 114 valence electrons. The van der Waals surface area contributed by atoms with Crippen LogP contribution in [-0.2, 0) is 0 Å². The van der Waals surface area contributed by atoms with Crippen molar-refractivity contribution in [2.75, 3.05) is 0 Å². The lowest BCUT2D eigenvalue weighted by molar-refractivity contribution is 0.401. The van der Waals surface area contributed by atoms with E-state index in [1.165, 1.54) is 18.4 Å². The molecular weight excluding hydrogens is 488 g/mol. The van der Waals surface area contributed by atoms with E-state index in [1.807, 2.05) is 0 Å². The van der Waals surface area contributed by atoms with Crippen LogP contribution in [0.15, 0.2) is 36.2 Å². The number of phenols is 4. The smallest absolute Gasteiger partial charge is 0.173 e. The average Bonchev–Trinajstić information content (AvgIpc) is 2.90. The van der Waals surface area contributed by atoms with Crippen molar-refractivity contribution in [3.63, 3.8) is 0 Å². The average molecular weight is 495 g/mol. The monoisotopic (exact) mass is 492 g/mol. The van der Waals surface area contributed by atoms with Crippen molar-refractivity contribution in [2.45, 2.75) is 0 Å². The zero-order chi connectivity index (χ0) is 16.2. The van der Waals surface area contributed by atoms with Gasteiger partial charge >= 0.3 is 0 Å². The molecule has 0 fully saturated rings. The molecule has 0 aliphatic rings. The minimum atomic E-state index is -0.325. The second-order valence-electron chi connectivity index (χ2n) is 4.51. The number of benzene rings is 2. The summed E-state index contributed by atoms with van der Waals surface area (Å²) in [6.07, 6.45) is 1.42. The van der Waals surface area contributed by atoms with E-state index in [0.717, 1.165) is 0 Å². The predicted octanol–water partition coefficient (Wildman–Crippen LogP) is 5.21. The number of hydrogen-bond acceptors (Lipinski definition) is 5. The summed E-state index contributed by atoms with van der Waals surface area (Å²) < 4.78 is 6.53. The molecule has 0 saturated heterocycles. The van der Waals surface area contributed by atoms with E-state index < -0.39 is 0 Å². The Bertz CT molecular complexity index is 917. The van der Waals surface area contributed by atoms with Crippen LogP contribution in [0.3, 0.4) is 0 Å². The highest BCUT2D eigenvalue weighted by Gasteiger charge is 2.22. The van der Waals surface area contributed by atoms with Crippen LogP contribution in [0.2, 0.25) is 0 Å². The standard InChI is InChI=1S/C14H7Br3O5/c15-9-5(2-7(19)13(21)11(9)17)14-8-4(3-22-14)1-6(18)12(20)10(8)16/h1-3,18-21H. The van der Waals surface area contributed by atoms with Crippen LogP contribution in [0, 0.1) is 0 Å². The third-order valence-corrected chi connectivity index (χ3v) is 6.09. The van der Waals surface area contributed by atoms with E-state index in [-0.39, 0.29) is 31.9 Å². The Morgan fingerprint density at radius 2 is 1.36 bits per heavy atom. The van der Waals surface area contributed by atoms with Gasteiger partial charge in [0.05, 0.1) is 15.2 Å². The predicted molar refractivity (Wildman–Crippen MR) is 91.4 cm³/mol. The van der Waals surface area contributed by atoms with Gasteiger partial charge in [0.2, 0.25) is 0 Å². The van der Waals surface area contributed by atoms with Gasteiger partial charge in [-0.05, 0) is 59.9 Å². The van der Waals surface area contributed by atoms with Gasteiger partial charge in [0.25, 0.3) is 0 Å². The van der Waals surface area contributed by atoms with E-state index in [9.17, 15) is 20.4 Å². The zero-order valence-corrected chi connectivity index (χ0v) is 15.3. The zero-order valence-electron chi connectivity index (χ0n) is 10.6. The molecule has 2 aromatic carbocycles. The third kappa shape index (κ3) is 2.17. The molecule has 1 aromatic heterocycles. The molecule has 0 radical (unpaired) electrons. The molecule has 0 amide bonds. The number of rotatable bonds is 1. The Morgan fingerprint density at radius 3 is 2.05 bits per heavy atom. The van der Waals surface area contributed by atoms with Crippen LogP contribution in [0.1, 0.15) is 0 Å². The second kappa shape index (κ2) is 5.36. The quantitative estimate of drug-likeness (QED) is 0.348. The van der Waals surface area contributed by atoms with Gasteiger partial charge in [0, 0.05) is 20.8 Å². The fourth-order valence-corrected chi connectivity index (χ4v) is 3.63. The number of fused-ring (bicyclic) bond motifs is 1. The fourth-order valence-electron chi connectivity index (χ4n) is 2.12. The summed E-state index contributed by atoms with van der Waals surface area (Å²) >= 11 is 9.73. The van der Waals surface area contributed by atoms with Crippen molar-refractivity contribution in [1.29, 1.82) is 0 Å². The second-order valence-corrected chi connectivity index (χ2v) is 6.89. The molecule has 0 spiro atoms. The molecule has 8 heteroatoms. The Hall–Kier alpha value is -1.38. The number of phenolic OH excluding ortho intramolecular Hbond substituents is 4. The summed E-state index contributed by atoms with van der Waals surface area (Å²) in [5.41, 5.74) is 0.461. The maximum atomic E-state index is 9.87. The summed E-state index contributed by atoms with van der Waals surface area (Å²) in [4.78, 5) is 0. The minimum Gasteiger partial charge on any atom is -0.504 e. The van der Waals surface area contributed by atoms with Crippen molar-refractivity contribution in [3.05, 3.63) is 31.8 Å². The van der Waals surface area contributed by atoms with Gasteiger partial charge in [-0.3, -0.25) is 0 Å². The lowest BCUT2D eigenvalue weighted by Crippen LogP contribution is -1.83. The van der Waals surface area contributed by atoms with Gasteiger partial charge in [-0.15, -0.1) is 0 Å². The molecule has 22 heavy (non-hydrogen) atoms. The van der Waals surface area contributed by atoms with Gasteiger partial charge in [0.1, 0.15) is 5.76 Å². The van der Waals surface area contributed by atoms with Crippen LogP contribution in [0.5, 0.6) is 23.0 Å². The molecule has 0 bridgehead atoms. The van der Waals surface area contributed by atoms with E-state index in [4.69, 9.17) is 4.42 Å². The van der Waals surface area contributed by atoms with Crippen molar-refractivity contribution in [3.8, 4) is 34.3 Å². The fraction of sp³-hybridized carbons (Fsp3) is 0. The molecule has 0 aliphatic heterocycles. The SMILES string of the molecule is Oc1cc(-c2occ3cc(O)c(O)c(Br)c23)c(Br)c(Br)c1O.